The number of nitrogens with zero attached hydrogens (tertiary/aromatic N) is 2. The summed E-state index contributed by atoms with van der Waals surface area (Å²) in [5.41, 5.74) is 0.190. The van der Waals surface area contributed by atoms with Crippen molar-refractivity contribution in [3.63, 3.8) is 0 Å². The van der Waals surface area contributed by atoms with Crippen LogP contribution in [0.4, 0.5) is 18.9 Å². The number of alkyl halides is 3. The topological polar surface area (TPSA) is 93.0 Å². The van der Waals surface area contributed by atoms with E-state index in [2.05, 4.69) is 15.5 Å². The van der Waals surface area contributed by atoms with E-state index in [1.807, 2.05) is 0 Å². The summed E-state index contributed by atoms with van der Waals surface area (Å²) in [5.74, 6) is -0.969. The normalized spacial score (nSPS) is 11.7. The zero-order chi connectivity index (χ0) is 23.3. The maximum Gasteiger partial charge on any atom is 0.416 e. The van der Waals surface area contributed by atoms with Crippen molar-refractivity contribution in [2.45, 2.75) is 6.18 Å². The molecule has 1 heterocycles. The van der Waals surface area contributed by atoms with Gasteiger partial charge in [-0.25, -0.2) is 4.98 Å². The molecule has 0 saturated carbocycles. The lowest BCUT2D eigenvalue weighted by Gasteiger charge is -2.12. The van der Waals surface area contributed by atoms with Crippen LogP contribution in [0.15, 0.2) is 65.9 Å². The Hall–Kier alpha value is -4.08. The van der Waals surface area contributed by atoms with E-state index >= 15 is 0 Å². The van der Waals surface area contributed by atoms with Crippen molar-refractivity contribution in [1.29, 1.82) is 0 Å². The first kappa shape index (κ1) is 22.6. The van der Waals surface area contributed by atoms with Crippen LogP contribution in [-0.2, 0) is 11.0 Å². The molecule has 0 unspecified atom stereocenters. The van der Waals surface area contributed by atoms with Crippen molar-refractivity contribution in [3.8, 4) is 11.5 Å². The van der Waals surface area contributed by atoms with Gasteiger partial charge in [-0.05, 0) is 24.3 Å². The van der Waals surface area contributed by atoms with Crippen LogP contribution in [0.25, 0.3) is 0 Å². The van der Waals surface area contributed by atoms with Gasteiger partial charge in [0.1, 0.15) is 12.8 Å². The Morgan fingerprint density at radius 2 is 1.78 bits per heavy atom. The van der Waals surface area contributed by atoms with Crippen LogP contribution in [-0.4, -0.2) is 35.9 Å². The number of halogens is 3. The molecule has 0 radical (unpaired) electrons. The van der Waals surface area contributed by atoms with Crippen molar-refractivity contribution in [2.24, 2.45) is 5.16 Å². The largest absolute Gasteiger partial charge is 0.503 e. The Balaban J connectivity index is 1.85. The lowest BCUT2D eigenvalue weighted by atomic mass is 10.00. The second kappa shape index (κ2) is 9.38. The molecule has 1 aromatic heterocycles. The number of anilines is 1. The van der Waals surface area contributed by atoms with E-state index in [1.165, 1.54) is 50.7 Å². The van der Waals surface area contributed by atoms with Gasteiger partial charge in [0.25, 0.3) is 5.91 Å². The zero-order valence-electron chi connectivity index (χ0n) is 17.0. The molecule has 32 heavy (non-hydrogen) atoms. The molecule has 3 rings (SSSR count). The Morgan fingerprint density at radius 1 is 1.06 bits per heavy atom. The monoisotopic (exact) mass is 445 g/mol. The molecule has 0 fully saturated rings. The summed E-state index contributed by atoms with van der Waals surface area (Å²) < 4.78 is 44.2. The second-order valence-corrected chi connectivity index (χ2v) is 6.44. The number of ether oxygens (including phenoxy) is 1. The van der Waals surface area contributed by atoms with Gasteiger partial charge in [-0.1, -0.05) is 29.4 Å². The number of carbonyl (C=O) groups is 1. The van der Waals surface area contributed by atoms with Crippen molar-refractivity contribution < 1.29 is 32.6 Å². The first-order valence-corrected chi connectivity index (χ1v) is 9.17. The molecular weight excluding hydrogens is 427 g/mol. The molecule has 0 atom stereocenters. The number of hydrogen-bond donors (Lipinski definition) is 2. The smallest absolute Gasteiger partial charge is 0.416 e. The summed E-state index contributed by atoms with van der Waals surface area (Å²) in [6.45, 7) is 0. The SMILES string of the molecule is CO/N=C(/c1ccc(NC(=O)c2nccc(OC)c2O)cc1)c1cccc(C(F)(F)F)c1. The van der Waals surface area contributed by atoms with E-state index in [0.29, 0.717) is 11.3 Å². The Morgan fingerprint density at radius 3 is 2.41 bits per heavy atom. The summed E-state index contributed by atoms with van der Waals surface area (Å²) >= 11 is 0. The zero-order valence-corrected chi connectivity index (χ0v) is 17.0. The van der Waals surface area contributed by atoms with Crippen LogP contribution in [0.2, 0.25) is 0 Å². The molecule has 0 saturated heterocycles. The van der Waals surface area contributed by atoms with E-state index in [-0.39, 0.29) is 22.7 Å². The van der Waals surface area contributed by atoms with Gasteiger partial charge in [0.15, 0.2) is 17.2 Å². The average molecular weight is 445 g/mol. The molecule has 0 spiro atoms. The van der Waals surface area contributed by atoms with E-state index in [1.54, 1.807) is 12.1 Å². The van der Waals surface area contributed by atoms with Gasteiger partial charge in [-0.15, -0.1) is 0 Å². The molecule has 1 amide bonds. The lowest BCUT2D eigenvalue weighted by Crippen LogP contribution is -2.14. The molecule has 166 valence electrons. The summed E-state index contributed by atoms with van der Waals surface area (Å²) in [7, 11) is 2.63. The number of benzene rings is 2. The molecule has 10 heteroatoms. The van der Waals surface area contributed by atoms with Crippen LogP contribution < -0.4 is 10.1 Å². The number of nitrogens with one attached hydrogen (secondary N) is 1. The molecule has 7 nitrogen and oxygen atoms in total. The van der Waals surface area contributed by atoms with Crippen LogP contribution >= 0.6 is 0 Å². The number of methoxy groups -OCH3 is 1. The molecule has 0 aliphatic rings. The Bertz CT molecular complexity index is 1150. The number of aromatic nitrogens is 1. The molecule has 2 aromatic carbocycles. The first-order valence-electron chi connectivity index (χ1n) is 9.17. The van der Waals surface area contributed by atoms with E-state index in [4.69, 9.17) is 9.57 Å². The van der Waals surface area contributed by atoms with E-state index < -0.39 is 23.4 Å². The fourth-order valence-corrected chi connectivity index (χ4v) is 2.88. The standard InChI is InChI=1S/C22H18F3N3O4/c1-31-17-10-11-26-19(20(17)29)21(30)27-16-8-6-13(7-9-16)18(28-32-2)14-4-3-5-15(12-14)22(23,24)25/h3-12,29H,1-2H3,(H,27,30)/b28-18-. The molecule has 0 aliphatic heterocycles. The predicted molar refractivity (Wildman–Crippen MR) is 111 cm³/mol. The highest BCUT2D eigenvalue weighted by Gasteiger charge is 2.30. The molecule has 0 aliphatic carbocycles. The van der Waals surface area contributed by atoms with Gasteiger partial charge in [-0.3, -0.25) is 4.79 Å². The highest BCUT2D eigenvalue weighted by atomic mass is 19.4. The number of carbonyl (C=O) groups excluding carboxylic acids is 1. The molecule has 3 aromatic rings. The van der Waals surface area contributed by atoms with Crippen molar-refractivity contribution >= 4 is 17.3 Å². The van der Waals surface area contributed by atoms with E-state index in [9.17, 15) is 23.1 Å². The third kappa shape index (κ3) is 4.97. The van der Waals surface area contributed by atoms with E-state index in [0.717, 1.165) is 12.1 Å². The van der Waals surface area contributed by atoms with Crippen LogP contribution in [0, 0.1) is 0 Å². The predicted octanol–water partition coefficient (Wildman–Crippen LogP) is 4.47. The summed E-state index contributed by atoms with van der Waals surface area (Å²) in [6, 6.07) is 12.3. The Kier molecular flexibility index (Phi) is 6.62. The lowest BCUT2D eigenvalue weighted by molar-refractivity contribution is -0.137. The minimum Gasteiger partial charge on any atom is -0.503 e. The minimum atomic E-state index is -4.50. The van der Waals surface area contributed by atoms with Gasteiger partial charge in [-0.2, -0.15) is 13.2 Å². The number of aromatic hydroxyl groups is 1. The van der Waals surface area contributed by atoms with Crippen LogP contribution in [0.5, 0.6) is 11.5 Å². The second-order valence-electron chi connectivity index (χ2n) is 6.44. The fraction of sp³-hybridized carbons (Fsp3) is 0.136. The highest BCUT2D eigenvalue weighted by molar-refractivity contribution is 6.13. The first-order chi connectivity index (χ1) is 15.2. The molecule has 2 N–H and O–H groups in total. The number of pyridine rings is 1. The van der Waals surface area contributed by atoms with Crippen molar-refractivity contribution in [2.75, 3.05) is 19.5 Å². The number of oxime groups is 1. The number of rotatable bonds is 6. The molecule has 0 bridgehead atoms. The average Bonchev–Trinajstić information content (AvgIpc) is 2.78. The quantitative estimate of drug-likeness (QED) is 0.432. The highest BCUT2D eigenvalue weighted by Crippen LogP contribution is 2.31. The van der Waals surface area contributed by atoms with Gasteiger partial charge < -0.3 is 20.0 Å². The third-order valence-electron chi connectivity index (χ3n) is 4.38. The van der Waals surface area contributed by atoms with Gasteiger partial charge >= 0.3 is 6.18 Å². The van der Waals surface area contributed by atoms with Crippen molar-refractivity contribution in [1.82, 2.24) is 4.98 Å². The maximum absolute atomic E-state index is 13.1. The van der Waals surface area contributed by atoms with Gasteiger partial charge in [0, 0.05) is 29.1 Å². The third-order valence-corrected chi connectivity index (χ3v) is 4.38. The number of hydrogen-bond acceptors (Lipinski definition) is 6. The van der Waals surface area contributed by atoms with Gasteiger partial charge in [0.2, 0.25) is 0 Å². The van der Waals surface area contributed by atoms with Crippen LogP contribution in [0.1, 0.15) is 27.2 Å². The summed E-state index contributed by atoms with van der Waals surface area (Å²) in [4.78, 5) is 21.1. The summed E-state index contributed by atoms with van der Waals surface area (Å²) in [5, 5.41) is 16.5. The molecular formula is C22H18F3N3O4. The van der Waals surface area contributed by atoms with Crippen LogP contribution in [0.3, 0.4) is 0 Å². The van der Waals surface area contributed by atoms with Crippen molar-refractivity contribution in [3.05, 3.63) is 83.2 Å². The summed E-state index contributed by atoms with van der Waals surface area (Å²) in [6.07, 6.45) is -3.18. The number of amides is 1. The minimum absolute atomic E-state index is 0.0991. The van der Waals surface area contributed by atoms with Gasteiger partial charge in [0.05, 0.1) is 12.7 Å². The fourth-order valence-electron chi connectivity index (χ4n) is 2.88. The Labute approximate surface area is 181 Å². The maximum atomic E-state index is 13.1.